The summed E-state index contributed by atoms with van der Waals surface area (Å²) in [5, 5.41) is 2.81. The van der Waals surface area contributed by atoms with E-state index in [4.69, 9.17) is 5.73 Å². The molecule has 128 valence electrons. The van der Waals surface area contributed by atoms with Crippen molar-refractivity contribution in [2.24, 2.45) is 5.73 Å². The van der Waals surface area contributed by atoms with Crippen molar-refractivity contribution in [3.05, 3.63) is 71.3 Å². The third-order valence-corrected chi connectivity index (χ3v) is 4.58. The summed E-state index contributed by atoms with van der Waals surface area (Å²) in [5.41, 5.74) is 7.29. The number of carbonyl (C=O) groups excluding carboxylic acids is 1. The Kier molecular flexibility index (Phi) is 5.41. The first-order valence-corrected chi connectivity index (χ1v) is 9.63. The first-order valence-electron chi connectivity index (χ1n) is 7.57. The third-order valence-electron chi connectivity index (χ3n) is 3.72. The summed E-state index contributed by atoms with van der Waals surface area (Å²) in [6, 6.07) is 16.3. The highest BCUT2D eigenvalue weighted by molar-refractivity contribution is 7.89. The van der Waals surface area contributed by atoms with E-state index in [1.54, 1.807) is 25.1 Å². The fourth-order valence-electron chi connectivity index (χ4n) is 2.41. The second-order valence-electron chi connectivity index (χ2n) is 6.14. The molecule has 0 aliphatic rings. The lowest BCUT2D eigenvalue weighted by molar-refractivity contribution is -0.126. The molecule has 2 rings (SSSR count). The fraction of sp³-hybridized carbons (Fsp3) is 0.278. The van der Waals surface area contributed by atoms with Gasteiger partial charge in [-0.1, -0.05) is 54.6 Å². The Morgan fingerprint density at radius 3 is 2.33 bits per heavy atom. The largest absolute Gasteiger partial charge is 0.350 e. The zero-order chi connectivity index (χ0) is 17.8. The van der Waals surface area contributed by atoms with E-state index in [0.717, 1.165) is 11.1 Å². The Labute approximate surface area is 142 Å². The highest BCUT2D eigenvalue weighted by Gasteiger charge is 2.29. The van der Waals surface area contributed by atoms with E-state index < -0.39 is 15.4 Å². The topological polar surface area (TPSA) is 89.3 Å². The van der Waals surface area contributed by atoms with E-state index >= 15 is 0 Å². The van der Waals surface area contributed by atoms with Gasteiger partial charge in [0, 0.05) is 12.8 Å². The summed E-state index contributed by atoms with van der Waals surface area (Å²) >= 11 is 0. The molecule has 0 aliphatic carbocycles. The van der Waals surface area contributed by atoms with Gasteiger partial charge in [0.05, 0.1) is 5.75 Å². The van der Waals surface area contributed by atoms with Crippen LogP contribution in [0.15, 0.2) is 54.6 Å². The molecule has 0 aromatic heterocycles. The average molecular weight is 346 g/mol. The Balaban J connectivity index is 2.05. The van der Waals surface area contributed by atoms with Crippen LogP contribution in [-0.4, -0.2) is 20.6 Å². The van der Waals surface area contributed by atoms with Gasteiger partial charge in [0.1, 0.15) is 5.54 Å². The molecule has 0 saturated heterocycles. The van der Waals surface area contributed by atoms with Crippen molar-refractivity contribution in [2.45, 2.75) is 24.8 Å². The van der Waals surface area contributed by atoms with Gasteiger partial charge < -0.3 is 11.1 Å². The van der Waals surface area contributed by atoms with Gasteiger partial charge in [-0.05, 0) is 23.6 Å². The van der Waals surface area contributed by atoms with Gasteiger partial charge in [-0.2, -0.15) is 0 Å². The number of nitrogens with two attached hydrogens (primary N) is 1. The van der Waals surface area contributed by atoms with Crippen LogP contribution in [0.2, 0.25) is 0 Å². The summed E-state index contributed by atoms with van der Waals surface area (Å²) in [6.45, 7) is 1.95. The minimum absolute atomic E-state index is 0.0204. The predicted octanol–water partition coefficient (Wildman–Crippen LogP) is 1.72. The molecule has 0 fully saturated rings. The standard InChI is InChI=1S/C18H22N2O3S/c1-18(19,16-9-4-3-5-10-16)17(21)20-12-14-7-6-8-15(11-14)13-24(2,22)23/h3-11H,12-13,19H2,1-2H3,(H,20,21). The summed E-state index contributed by atoms with van der Waals surface area (Å²) < 4.78 is 22.8. The molecule has 2 aromatic rings. The molecule has 0 aliphatic heterocycles. The molecule has 0 heterocycles. The molecule has 2 aromatic carbocycles. The van der Waals surface area contributed by atoms with Gasteiger partial charge in [0.15, 0.2) is 9.84 Å². The molecule has 1 unspecified atom stereocenters. The van der Waals surface area contributed by atoms with Crippen LogP contribution < -0.4 is 11.1 Å². The molecule has 1 amide bonds. The van der Waals surface area contributed by atoms with Crippen molar-refractivity contribution < 1.29 is 13.2 Å². The molecular weight excluding hydrogens is 324 g/mol. The van der Waals surface area contributed by atoms with E-state index in [1.807, 2.05) is 36.4 Å². The minimum atomic E-state index is -3.09. The second kappa shape index (κ2) is 7.15. The van der Waals surface area contributed by atoms with Crippen LogP contribution in [0.1, 0.15) is 23.6 Å². The number of rotatable bonds is 6. The van der Waals surface area contributed by atoms with Crippen molar-refractivity contribution in [2.75, 3.05) is 6.26 Å². The van der Waals surface area contributed by atoms with E-state index in [1.165, 1.54) is 6.26 Å². The van der Waals surface area contributed by atoms with Crippen LogP contribution in [-0.2, 0) is 32.5 Å². The molecule has 5 nitrogen and oxygen atoms in total. The fourth-order valence-corrected chi connectivity index (χ4v) is 3.20. The van der Waals surface area contributed by atoms with E-state index in [0.29, 0.717) is 5.56 Å². The number of benzene rings is 2. The minimum Gasteiger partial charge on any atom is -0.350 e. The van der Waals surface area contributed by atoms with Crippen molar-refractivity contribution in [1.82, 2.24) is 5.32 Å². The van der Waals surface area contributed by atoms with Gasteiger partial charge in [0.25, 0.3) is 0 Å². The van der Waals surface area contributed by atoms with Gasteiger partial charge in [-0.25, -0.2) is 8.42 Å². The summed E-state index contributed by atoms with van der Waals surface area (Å²) in [7, 11) is -3.09. The summed E-state index contributed by atoms with van der Waals surface area (Å²) in [5.74, 6) is -0.310. The number of hydrogen-bond donors (Lipinski definition) is 2. The highest BCUT2D eigenvalue weighted by atomic mass is 32.2. The van der Waals surface area contributed by atoms with Crippen LogP contribution in [0.5, 0.6) is 0 Å². The van der Waals surface area contributed by atoms with Crippen molar-refractivity contribution in [3.63, 3.8) is 0 Å². The van der Waals surface area contributed by atoms with Gasteiger partial charge in [-0.15, -0.1) is 0 Å². The lowest BCUT2D eigenvalue weighted by Crippen LogP contribution is -2.48. The first kappa shape index (κ1) is 18.2. The summed E-state index contributed by atoms with van der Waals surface area (Å²) in [6.07, 6.45) is 1.20. The molecule has 0 spiro atoms. The monoisotopic (exact) mass is 346 g/mol. The maximum absolute atomic E-state index is 12.4. The molecule has 0 bridgehead atoms. The molecule has 3 N–H and O–H groups in total. The molecule has 0 saturated carbocycles. The Morgan fingerprint density at radius 2 is 1.71 bits per heavy atom. The Bertz CT molecular complexity index is 815. The second-order valence-corrected chi connectivity index (χ2v) is 8.28. The number of carbonyl (C=O) groups is 1. The van der Waals surface area contributed by atoms with Crippen molar-refractivity contribution in [1.29, 1.82) is 0 Å². The van der Waals surface area contributed by atoms with Crippen LogP contribution in [0.4, 0.5) is 0 Å². The SMILES string of the molecule is CC(N)(C(=O)NCc1cccc(CS(C)(=O)=O)c1)c1ccccc1. The highest BCUT2D eigenvalue weighted by Crippen LogP contribution is 2.17. The van der Waals surface area contributed by atoms with E-state index in [9.17, 15) is 13.2 Å². The van der Waals surface area contributed by atoms with Gasteiger partial charge >= 0.3 is 0 Å². The Hall–Kier alpha value is -2.18. The zero-order valence-electron chi connectivity index (χ0n) is 13.8. The third kappa shape index (κ3) is 4.91. The van der Waals surface area contributed by atoms with Gasteiger partial charge in [0.2, 0.25) is 5.91 Å². The maximum atomic E-state index is 12.4. The first-order chi connectivity index (χ1) is 11.2. The van der Waals surface area contributed by atoms with E-state index in [2.05, 4.69) is 5.32 Å². The molecular formula is C18H22N2O3S. The van der Waals surface area contributed by atoms with Gasteiger partial charge in [-0.3, -0.25) is 4.79 Å². The molecule has 24 heavy (non-hydrogen) atoms. The zero-order valence-corrected chi connectivity index (χ0v) is 14.6. The van der Waals surface area contributed by atoms with Crippen molar-refractivity contribution >= 4 is 15.7 Å². The number of hydrogen-bond acceptors (Lipinski definition) is 4. The smallest absolute Gasteiger partial charge is 0.244 e. The number of sulfone groups is 1. The molecule has 1 atom stereocenters. The van der Waals surface area contributed by atoms with Crippen LogP contribution in [0.25, 0.3) is 0 Å². The van der Waals surface area contributed by atoms with E-state index in [-0.39, 0.29) is 18.2 Å². The number of amides is 1. The quantitative estimate of drug-likeness (QED) is 0.833. The normalized spacial score (nSPS) is 14.0. The molecule has 0 radical (unpaired) electrons. The van der Waals surface area contributed by atoms with Crippen molar-refractivity contribution in [3.8, 4) is 0 Å². The van der Waals surface area contributed by atoms with Crippen LogP contribution in [0, 0.1) is 0 Å². The summed E-state index contributed by atoms with van der Waals surface area (Å²) in [4.78, 5) is 12.4. The average Bonchev–Trinajstić information content (AvgIpc) is 2.52. The molecule has 6 heteroatoms. The Morgan fingerprint density at radius 1 is 1.08 bits per heavy atom. The lowest BCUT2D eigenvalue weighted by atomic mass is 9.92. The van der Waals surface area contributed by atoms with Crippen LogP contribution >= 0.6 is 0 Å². The maximum Gasteiger partial charge on any atom is 0.244 e. The lowest BCUT2D eigenvalue weighted by Gasteiger charge is -2.24. The number of nitrogens with one attached hydrogen (secondary N) is 1. The van der Waals surface area contributed by atoms with Crippen LogP contribution in [0.3, 0.4) is 0 Å². The predicted molar refractivity (Wildman–Crippen MR) is 94.8 cm³/mol.